The third-order valence-electron chi connectivity index (χ3n) is 2.79. The van der Waals surface area contributed by atoms with Crippen LogP contribution in [0.3, 0.4) is 0 Å². The topological polar surface area (TPSA) is 58.9 Å². The van der Waals surface area contributed by atoms with Crippen molar-refractivity contribution in [2.75, 3.05) is 13.1 Å². The van der Waals surface area contributed by atoms with Crippen LogP contribution < -0.4 is 0 Å². The molecule has 76 valence electrons. The minimum absolute atomic E-state index is 0.521. The van der Waals surface area contributed by atoms with Crippen molar-refractivity contribution in [3.8, 4) is 0 Å². The molecule has 0 amide bonds. The first-order valence-electron chi connectivity index (χ1n) is 4.94. The van der Waals surface area contributed by atoms with Crippen LogP contribution in [0.4, 0.5) is 0 Å². The van der Waals surface area contributed by atoms with E-state index >= 15 is 0 Å². The molecule has 14 heavy (non-hydrogen) atoms. The predicted molar refractivity (Wildman–Crippen MR) is 51.4 cm³/mol. The molecule has 0 heterocycles. The van der Waals surface area contributed by atoms with Gasteiger partial charge in [0.05, 0.1) is 13.1 Å². The average molecular weight is 194 g/mol. The van der Waals surface area contributed by atoms with Crippen LogP contribution in [0.2, 0.25) is 0 Å². The van der Waals surface area contributed by atoms with Gasteiger partial charge in [0.25, 0.3) is 0 Å². The van der Waals surface area contributed by atoms with Gasteiger partial charge in [0.1, 0.15) is 0 Å². The molecule has 0 aromatic heterocycles. The molecule has 0 aromatic carbocycles. The molecule has 0 unspecified atom stereocenters. The van der Waals surface area contributed by atoms with E-state index in [1.165, 1.54) is 0 Å². The molecule has 0 spiro atoms. The van der Waals surface area contributed by atoms with E-state index in [9.17, 15) is 9.59 Å². The van der Waals surface area contributed by atoms with Crippen LogP contribution in [0.15, 0.2) is 9.98 Å². The number of nitrogens with zero attached hydrogens (tertiary/aromatic N) is 2. The molecule has 0 aromatic rings. The summed E-state index contributed by atoms with van der Waals surface area (Å²) in [6.07, 6.45) is 7.43. The summed E-state index contributed by atoms with van der Waals surface area (Å²) in [5, 5.41) is 0. The van der Waals surface area contributed by atoms with Crippen molar-refractivity contribution in [3.05, 3.63) is 0 Å². The fraction of sp³-hybridized carbons (Fsp3) is 0.800. The Bertz CT molecular complexity index is 229. The second-order valence-electron chi connectivity index (χ2n) is 3.75. The molecule has 4 nitrogen and oxygen atoms in total. The van der Waals surface area contributed by atoms with Gasteiger partial charge in [-0.3, -0.25) is 0 Å². The first-order chi connectivity index (χ1) is 6.86. The second-order valence-corrected chi connectivity index (χ2v) is 3.75. The van der Waals surface area contributed by atoms with Crippen molar-refractivity contribution < 1.29 is 9.59 Å². The Kier molecular flexibility index (Phi) is 4.84. The molecule has 0 atom stereocenters. The normalized spacial score (nSPS) is 26.0. The smallest absolute Gasteiger partial charge is 0.211 e. The zero-order chi connectivity index (χ0) is 10.2. The zero-order valence-electron chi connectivity index (χ0n) is 8.11. The van der Waals surface area contributed by atoms with Crippen molar-refractivity contribution in [2.45, 2.75) is 25.7 Å². The van der Waals surface area contributed by atoms with Gasteiger partial charge in [-0.15, -0.1) is 0 Å². The Morgan fingerprint density at radius 3 is 1.50 bits per heavy atom. The highest BCUT2D eigenvalue weighted by Gasteiger charge is 2.20. The Morgan fingerprint density at radius 1 is 0.857 bits per heavy atom. The van der Waals surface area contributed by atoms with Crippen LogP contribution >= 0.6 is 0 Å². The third kappa shape index (κ3) is 3.65. The van der Waals surface area contributed by atoms with E-state index < -0.39 is 0 Å². The van der Waals surface area contributed by atoms with E-state index in [0.29, 0.717) is 24.9 Å². The maximum absolute atomic E-state index is 9.90. The van der Waals surface area contributed by atoms with Crippen molar-refractivity contribution in [2.24, 2.45) is 21.8 Å². The molecule has 4 heteroatoms. The molecule has 1 aliphatic carbocycles. The minimum atomic E-state index is 0.521. The maximum atomic E-state index is 9.90. The van der Waals surface area contributed by atoms with E-state index in [-0.39, 0.29) is 0 Å². The van der Waals surface area contributed by atoms with Crippen molar-refractivity contribution in [1.29, 1.82) is 0 Å². The highest BCUT2D eigenvalue weighted by atomic mass is 16.1. The summed E-state index contributed by atoms with van der Waals surface area (Å²) in [7, 11) is 0. The number of hydrogen-bond donors (Lipinski definition) is 0. The second kappa shape index (κ2) is 6.25. The van der Waals surface area contributed by atoms with Crippen LogP contribution in [-0.2, 0) is 9.59 Å². The van der Waals surface area contributed by atoms with Gasteiger partial charge >= 0.3 is 0 Å². The highest BCUT2D eigenvalue weighted by Crippen LogP contribution is 2.28. The van der Waals surface area contributed by atoms with Gasteiger partial charge in [-0.1, -0.05) is 0 Å². The molecule has 1 fully saturated rings. The summed E-state index contributed by atoms with van der Waals surface area (Å²) in [6.45, 7) is 1.21. The number of aliphatic imine (C=N–C) groups is 2. The SMILES string of the molecule is O=C=NCC1CCC(CN=C=O)CC1. The molecule has 1 rings (SSSR count). The van der Waals surface area contributed by atoms with E-state index in [0.717, 1.165) is 25.7 Å². The van der Waals surface area contributed by atoms with Crippen LogP contribution in [0, 0.1) is 11.8 Å². The summed E-state index contributed by atoms with van der Waals surface area (Å²) >= 11 is 0. The third-order valence-corrected chi connectivity index (χ3v) is 2.79. The largest absolute Gasteiger partial charge is 0.234 e. The first-order valence-corrected chi connectivity index (χ1v) is 4.94. The molecule has 0 aliphatic heterocycles. The molecular formula is C10H14N2O2. The van der Waals surface area contributed by atoms with Crippen LogP contribution in [0.1, 0.15) is 25.7 Å². The first kappa shape index (κ1) is 10.8. The van der Waals surface area contributed by atoms with Crippen molar-refractivity contribution in [1.82, 2.24) is 0 Å². The minimum Gasteiger partial charge on any atom is -0.211 e. The molecule has 0 radical (unpaired) electrons. The fourth-order valence-corrected chi connectivity index (χ4v) is 1.93. The molecule has 1 aliphatic rings. The summed E-state index contributed by atoms with van der Waals surface area (Å²) in [5.41, 5.74) is 0. The lowest BCUT2D eigenvalue weighted by Crippen LogP contribution is -2.18. The van der Waals surface area contributed by atoms with E-state index in [1.54, 1.807) is 12.2 Å². The lowest BCUT2D eigenvalue weighted by atomic mass is 9.82. The summed E-state index contributed by atoms with van der Waals surface area (Å²) in [4.78, 5) is 27.0. The Balaban J connectivity index is 2.23. The number of hydrogen-bond acceptors (Lipinski definition) is 4. The molecular weight excluding hydrogens is 180 g/mol. The van der Waals surface area contributed by atoms with Gasteiger partial charge in [-0.05, 0) is 37.5 Å². The van der Waals surface area contributed by atoms with Crippen LogP contribution in [0.25, 0.3) is 0 Å². The van der Waals surface area contributed by atoms with Crippen molar-refractivity contribution >= 4 is 12.2 Å². The summed E-state index contributed by atoms with van der Waals surface area (Å²) in [6, 6.07) is 0. The summed E-state index contributed by atoms with van der Waals surface area (Å²) < 4.78 is 0. The molecule has 0 bridgehead atoms. The Morgan fingerprint density at radius 2 is 1.21 bits per heavy atom. The highest BCUT2D eigenvalue weighted by molar-refractivity contribution is 5.33. The van der Waals surface area contributed by atoms with Crippen molar-refractivity contribution in [3.63, 3.8) is 0 Å². The van der Waals surface area contributed by atoms with Gasteiger partial charge in [-0.2, -0.15) is 0 Å². The maximum Gasteiger partial charge on any atom is 0.234 e. The quantitative estimate of drug-likeness (QED) is 0.502. The standard InChI is InChI=1S/C10H14N2O2/c13-7-11-5-9-1-2-10(4-3-9)6-12-8-14/h9-10H,1-6H2. The molecule has 1 saturated carbocycles. The number of carbonyl (C=O) groups excluding carboxylic acids is 2. The zero-order valence-corrected chi connectivity index (χ0v) is 8.11. The fourth-order valence-electron chi connectivity index (χ4n) is 1.93. The Labute approximate surface area is 83.1 Å². The average Bonchev–Trinajstić information content (AvgIpc) is 2.25. The monoisotopic (exact) mass is 194 g/mol. The van der Waals surface area contributed by atoms with Gasteiger partial charge in [0.2, 0.25) is 12.2 Å². The lowest BCUT2D eigenvalue weighted by Gasteiger charge is -2.25. The summed E-state index contributed by atoms with van der Waals surface area (Å²) in [5.74, 6) is 1.04. The molecule has 0 N–H and O–H groups in total. The van der Waals surface area contributed by atoms with Gasteiger partial charge in [0.15, 0.2) is 0 Å². The molecule has 0 saturated heterocycles. The van der Waals surface area contributed by atoms with E-state index in [2.05, 4.69) is 9.98 Å². The number of rotatable bonds is 4. The van der Waals surface area contributed by atoms with Crippen LogP contribution in [0.5, 0.6) is 0 Å². The van der Waals surface area contributed by atoms with Gasteiger partial charge in [-0.25, -0.2) is 19.6 Å². The predicted octanol–water partition coefficient (Wildman–Crippen LogP) is 1.46. The Hall–Kier alpha value is -1.24. The number of isocyanates is 2. The van der Waals surface area contributed by atoms with Gasteiger partial charge < -0.3 is 0 Å². The van der Waals surface area contributed by atoms with E-state index in [4.69, 9.17) is 0 Å². The van der Waals surface area contributed by atoms with Gasteiger partial charge in [0, 0.05) is 0 Å². The van der Waals surface area contributed by atoms with Crippen LogP contribution in [-0.4, -0.2) is 25.2 Å². The lowest BCUT2D eigenvalue weighted by molar-refractivity contribution is 0.285. The van der Waals surface area contributed by atoms with E-state index in [1.807, 2.05) is 0 Å².